The molecule has 0 fully saturated rings. The summed E-state index contributed by atoms with van der Waals surface area (Å²) in [6.45, 7) is 4.17. The lowest BCUT2D eigenvalue weighted by Gasteiger charge is -2.10. The average molecular weight is 437 g/mol. The van der Waals surface area contributed by atoms with Gasteiger partial charge in [-0.25, -0.2) is 13.1 Å². The highest BCUT2D eigenvalue weighted by Gasteiger charge is 2.15. The van der Waals surface area contributed by atoms with Crippen molar-refractivity contribution in [1.82, 2.24) is 9.78 Å². The molecule has 0 aliphatic rings. The Bertz CT molecular complexity index is 1320. The first-order valence-corrected chi connectivity index (χ1v) is 11.7. The van der Waals surface area contributed by atoms with Crippen molar-refractivity contribution in [1.29, 1.82) is 0 Å². The Kier molecular flexibility index (Phi) is 5.26. The number of rotatable bonds is 4. The van der Waals surface area contributed by atoms with E-state index in [0.29, 0.717) is 5.02 Å². The van der Waals surface area contributed by atoms with Gasteiger partial charge in [0.1, 0.15) is 0 Å². The number of nitrogens with zero attached hydrogens (tertiary/aromatic N) is 2. The van der Waals surface area contributed by atoms with Crippen LogP contribution in [0.1, 0.15) is 11.1 Å². The molecule has 0 amide bonds. The van der Waals surface area contributed by atoms with Crippen LogP contribution in [0.25, 0.3) is 28.2 Å². The van der Waals surface area contributed by atoms with Gasteiger partial charge < -0.3 is 0 Å². The molecule has 152 valence electrons. The second-order valence-electron chi connectivity index (χ2n) is 7.40. The van der Waals surface area contributed by atoms with Crippen molar-refractivity contribution in [2.75, 3.05) is 6.26 Å². The number of hydrogen-bond donors (Lipinski definition) is 0. The molecule has 3 aromatic carbocycles. The molecule has 0 bridgehead atoms. The van der Waals surface area contributed by atoms with E-state index in [1.54, 1.807) is 24.3 Å². The van der Waals surface area contributed by atoms with Gasteiger partial charge in [0.2, 0.25) is 0 Å². The van der Waals surface area contributed by atoms with Crippen LogP contribution in [0.3, 0.4) is 0 Å². The number of hydrogen-bond acceptors (Lipinski definition) is 3. The number of halogens is 1. The molecule has 30 heavy (non-hydrogen) atoms. The number of aromatic nitrogens is 2. The van der Waals surface area contributed by atoms with Gasteiger partial charge in [-0.2, -0.15) is 5.10 Å². The zero-order valence-electron chi connectivity index (χ0n) is 16.9. The largest absolute Gasteiger partial charge is 0.232 e. The molecular formula is C24H21ClN2O2S. The van der Waals surface area contributed by atoms with Gasteiger partial charge in [0, 0.05) is 22.4 Å². The summed E-state index contributed by atoms with van der Waals surface area (Å²) in [7, 11) is -3.26. The van der Waals surface area contributed by atoms with Crippen molar-refractivity contribution in [3.05, 3.63) is 88.9 Å². The van der Waals surface area contributed by atoms with E-state index in [1.807, 2.05) is 35.0 Å². The monoisotopic (exact) mass is 436 g/mol. The van der Waals surface area contributed by atoms with Crippen molar-refractivity contribution >= 4 is 21.4 Å². The zero-order chi connectivity index (χ0) is 21.5. The summed E-state index contributed by atoms with van der Waals surface area (Å²) in [5, 5.41) is 5.50. The molecular weight excluding hydrogens is 416 g/mol. The van der Waals surface area contributed by atoms with Gasteiger partial charge in [-0.15, -0.1) is 0 Å². The van der Waals surface area contributed by atoms with Crippen LogP contribution < -0.4 is 0 Å². The van der Waals surface area contributed by atoms with Crippen molar-refractivity contribution < 1.29 is 8.42 Å². The molecule has 0 aliphatic carbocycles. The Morgan fingerprint density at radius 1 is 0.800 bits per heavy atom. The molecule has 4 nitrogen and oxygen atoms in total. The maximum absolute atomic E-state index is 11.8. The summed E-state index contributed by atoms with van der Waals surface area (Å²) >= 11 is 6.04. The van der Waals surface area contributed by atoms with E-state index in [-0.39, 0.29) is 4.90 Å². The molecule has 6 heteroatoms. The second kappa shape index (κ2) is 7.74. The van der Waals surface area contributed by atoms with Crippen molar-refractivity contribution in [3.8, 4) is 28.2 Å². The Morgan fingerprint density at radius 2 is 1.43 bits per heavy atom. The average Bonchev–Trinajstić information content (AvgIpc) is 3.15. The fraction of sp³-hybridized carbons (Fsp3) is 0.125. The molecule has 1 heterocycles. The lowest BCUT2D eigenvalue weighted by atomic mass is 10.0. The Labute approximate surface area is 181 Å². The lowest BCUT2D eigenvalue weighted by Crippen LogP contribution is -2.02. The standard InChI is InChI=1S/C24H21ClN2O2S/c1-16-4-5-19(14-17(16)2)24-15-23(18-6-8-20(25)9-7-18)26-27(24)21-10-12-22(13-11-21)30(3,28)29/h4-15H,1-3H3. The molecule has 0 saturated carbocycles. The van der Waals surface area contributed by atoms with Gasteiger partial charge in [0.05, 0.1) is 22.0 Å². The fourth-order valence-corrected chi connectivity index (χ4v) is 4.04. The fourth-order valence-electron chi connectivity index (χ4n) is 3.28. The maximum atomic E-state index is 11.8. The van der Waals surface area contributed by atoms with E-state index in [0.717, 1.165) is 28.2 Å². The molecule has 0 atom stereocenters. The molecule has 1 aromatic heterocycles. The zero-order valence-corrected chi connectivity index (χ0v) is 18.5. The molecule has 0 N–H and O–H groups in total. The Morgan fingerprint density at radius 3 is 2.03 bits per heavy atom. The van der Waals surface area contributed by atoms with E-state index < -0.39 is 9.84 Å². The van der Waals surface area contributed by atoms with E-state index in [1.165, 1.54) is 17.4 Å². The minimum Gasteiger partial charge on any atom is -0.232 e. The molecule has 0 saturated heterocycles. The number of benzene rings is 3. The highest BCUT2D eigenvalue weighted by molar-refractivity contribution is 7.90. The second-order valence-corrected chi connectivity index (χ2v) is 9.85. The summed E-state index contributed by atoms with van der Waals surface area (Å²) in [4.78, 5) is 0.282. The van der Waals surface area contributed by atoms with Crippen LogP contribution in [0.5, 0.6) is 0 Å². The van der Waals surface area contributed by atoms with Crippen LogP contribution in [-0.4, -0.2) is 24.5 Å². The van der Waals surface area contributed by atoms with E-state index in [2.05, 4.69) is 32.0 Å². The van der Waals surface area contributed by atoms with Crippen molar-refractivity contribution in [2.24, 2.45) is 0 Å². The lowest BCUT2D eigenvalue weighted by molar-refractivity contribution is 0.602. The molecule has 0 aliphatic heterocycles. The first-order chi connectivity index (χ1) is 14.2. The summed E-state index contributed by atoms with van der Waals surface area (Å²) in [5.41, 5.74) is 6.94. The SMILES string of the molecule is Cc1ccc(-c2cc(-c3ccc(Cl)cc3)nn2-c2ccc(S(C)(=O)=O)cc2)cc1C. The summed E-state index contributed by atoms with van der Waals surface area (Å²) in [5.74, 6) is 0. The van der Waals surface area contributed by atoms with Gasteiger partial charge in [-0.05, 0) is 73.5 Å². The number of sulfone groups is 1. The van der Waals surface area contributed by atoms with E-state index >= 15 is 0 Å². The van der Waals surface area contributed by atoms with Gasteiger partial charge in [-0.1, -0.05) is 35.9 Å². The molecule has 4 aromatic rings. The summed E-state index contributed by atoms with van der Waals surface area (Å²) in [6, 6.07) is 22.7. The predicted molar refractivity (Wildman–Crippen MR) is 122 cm³/mol. The normalized spacial score (nSPS) is 11.6. The van der Waals surface area contributed by atoms with Crippen LogP contribution in [0.15, 0.2) is 77.7 Å². The number of aryl methyl sites for hydroxylation is 2. The van der Waals surface area contributed by atoms with Crippen LogP contribution in [0, 0.1) is 13.8 Å². The molecule has 0 radical (unpaired) electrons. The van der Waals surface area contributed by atoms with Gasteiger partial charge in [0.25, 0.3) is 0 Å². The molecule has 0 spiro atoms. The van der Waals surface area contributed by atoms with Crippen LogP contribution in [0.2, 0.25) is 5.02 Å². The van der Waals surface area contributed by atoms with Crippen LogP contribution in [0.4, 0.5) is 0 Å². The molecule has 0 unspecified atom stereocenters. The third-order valence-corrected chi connectivity index (χ3v) is 6.54. The van der Waals surface area contributed by atoms with Gasteiger partial charge in [-0.3, -0.25) is 0 Å². The van der Waals surface area contributed by atoms with Gasteiger partial charge >= 0.3 is 0 Å². The van der Waals surface area contributed by atoms with Crippen LogP contribution in [-0.2, 0) is 9.84 Å². The predicted octanol–water partition coefficient (Wildman–Crippen LogP) is 5.88. The third-order valence-electron chi connectivity index (χ3n) is 5.16. The maximum Gasteiger partial charge on any atom is 0.175 e. The minimum atomic E-state index is -3.26. The van der Waals surface area contributed by atoms with Crippen molar-refractivity contribution in [3.63, 3.8) is 0 Å². The van der Waals surface area contributed by atoms with Crippen molar-refractivity contribution in [2.45, 2.75) is 18.7 Å². The minimum absolute atomic E-state index is 0.282. The summed E-state index contributed by atoms with van der Waals surface area (Å²) in [6.07, 6.45) is 1.20. The highest BCUT2D eigenvalue weighted by Crippen LogP contribution is 2.30. The molecule has 4 rings (SSSR count). The smallest absolute Gasteiger partial charge is 0.175 e. The van der Waals surface area contributed by atoms with Crippen LogP contribution >= 0.6 is 11.6 Å². The van der Waals surface area contributed by atoms with E-state index in [4.69, 9.17) is 16.7 Å². The van der Waals surface area contributed by atoms with E-state index in [9.17, 15) is 8.42 Å². The summed E-state index contributed by atoms with van der Waals surface area (Å²) < 4.78 is 25.5. The first-order valence-electron chi connectivity index (χ1n) is 9.46. The quantitative estimate of drug-likeness (QED) is 0.401. The Balaban J connectivity index is 1.89. The highest BCUT2D eigenvalue weighted by atomic mass is 35.5. The van der Waals surface area contributed by atoms with Gasteiger partial charge in [0.15, 0.2) is 9.84 Å². The third kappa shape index (κ3) is 4.04. The first kappa shape index (κ1) is 20.4. The Hall–Kier alpha value is -2.89. The topological polar surface area (TPSA) is 52.0 Å².